The van der Waals surface area contributed by atoms with Gasteiger partial charge in [0.15, 0.2) is 0 Å². The first-order chi connectivity index (χ1) is 9.69. The third-order valence-electron chi connectivity index (χ3n) is 3.18. The normalized spacial score (nSPS) is 16.1. The first-order valence-electron chi connectivity index (χ1n) is 6.59. The first-order valence-corrected chi connectivity index (χ1v) is 6.59. The van der Waals surface area contributed by atoms with E-state index >= 15 is 0 Å². The molecule has 20 heavy (non-hydrogen) atoms. The van der Waals surface area contributed by atoms with Crippen LogP contribution in [0.2, 0.25) is 0 Å². The summed E-state index contributed by atoms with van der Waals surface area (Å²) >= 11 is 0. The lowest BCUT2D eigenvalue weighted by atomic mass is 10.0. The highest BCUT2D eigenvalue weighted by atomic mass is 16.7. The van der Waals surface area contributed by atoms with E-state index in [4.69, 9.17) is 9.57 Å². The number of ether oxygens (including phenoxy) is 1. The van der Waals surface area contributed by atoms with Crippen LogP contribution >= 0.6 is 0 Å². The van der Waals surface area contributed by atoms with E-state index in [-0.39, 0.29) is 0 Å². The van der Waals surface area contributed by atoms with Crippen LogP contribution in [0.1, 0.15) is 19.4 Å². The fraction of sp³-hybridized carbons (Fsp3) is 0.333. The number of carbonyl (C=O) groups excluding carboxylic acids is 1. The highest BCUT2D eigenvalue weighted by Crippen LogP contribution is 2.20. The molecular formula is C15H18N2O3. The molecule has 1 aliphatic rings. The Morgan fingerprint density at radius 3 is 2.45 bits per heavy atom. The van der Waals surface area contributed by atoms with E-state index in [0.717, 1.165) is 24.4 Å². The molecule has 0 saturated carbocycles. The minimum absolute atomic E-state index is 0.414. The van der Waals surface area contributed by atoms with Gasteiger partial charge >= 0.3 is 5.97 Å². The van der Waals surface area contributed by atoms with Crippen molar-refractivity contribution in [2.24, 2.45) is 5.16 Å². The molecule has 0 spiro atoms. The van der Waals surface area contributed by atoms with E-state index in [2.05, 4.69) is 5.16 Å². The predicted octanol–water partition coefficient (Wildman–Crippen LogP) is 2.18. The minimum atomic E-state index is -0.414. The number of methoxy groups -OCH3 is 1. The molecule has 0 N–H and O–H groups in total. The average molecular weight is 274 g/mol. The van der Waals surface area contributed by atoms with Crippen LogP contribution in [0.4, 0.5) is 0 Å². The van der Waals surface area contributed by atoms with Crippen LogP contribution < -0.4 is 4.74 Å². The number of rotatable bonds is 5. The molecule has 0 atom stereocenters. The van der Waals surface area contributed by atoms with Gasteiger partial charge < -0.3 is 14.5 Å². The molecule has 0 unspecified atom stereocenters. The van der Waals surface area contributed by atoms with Crippen molar-refractivity contribution < 1.29 is 14.4 Å². The van der Waals surface area contributed by atoms with E-state index in [1.807, 2.05) is 43.0 Å². The van der Waals surface area contributed by atoms with Gasteiger partial charge in [-0.25, -0.2) is 4.79 Å². The van der Waals surface area contributed by atoms with Crippen molar-refractivity contribution in [1.82, 2.24) is 4.90 Å². The van der Waals surface area contributed by atoms with E-state index < -0.39 is 5.97 Å². The van der Waals surface area contributed by atoms with Crippen LogP contribution in [0.25, 0.3) is 0 Å². The van der Waals surface area contributed by atoms with Crippen molar-refractivity contribution in [1.29, 1.82) is 0 Å². The summed E-state index contributed by atoms with van der Waals surface area (Å²) in [6.45, 7) is 5.71. The van der Waals surface area contributed by atoms with Gasteiger partial charge in [0, 0.05) is 24.9 Å². The monoisotopic (exact) mass is 274 g/mol. The highest BCUT2D eigenvalue weighted by Gasteiger charge is 2.27. The Labute approximate surface area is 118 Å². The maximum atomic E-state index is 11.8. The molecule has 0 amide bonds. The molecule has 0 aliphatic carbocycles. The number of hydrogen-bond acceptors (Lipinski definition) is 5. The van der Waals surface area contributed by atoms with E-state index in [9.17, 15) is 4.79 Å². The summed E-state index contributed by atoms with van der Waals surface area (Å²) in [5.41, 5.74) is 1.87. The smallest absolute Gasteiger partial charge is 0.369 e. The maximum Gasteiger partial charge on any atom is 0.369 e. The second-order valence-electron chi connectivity index (χ2n) is 4.31. The van der Waals surface area contributed by atoms with Gasteiger partial charge in [-0.15, -0.1) is 0 Å². The van der Waals surface area contributed by atoms with Gasteiger partial charge in [0.1, 0.15) is 17.0 Å². The summed E-state index contributed by atoms with van der Waals surface area (Å²) in [7, 11) is 1.61. The van der Waals surface area contributed by atoms with Crippen molar-refractivity contribution in [3.05, 3.63) is 41.6 Å². The lowest BCUT2D eigenvalue weighted by Gasteiger charge is -2.15. The molecule has 0 radical (unpaired) electrons. The largest absolute Gasteiger partial charge is 0.497 e. The zero-order valence-electron chi connectivity index (χ0n) is 11.9. The number of oxime groups is 1. The highest BCUT2D eigenvalue weighted by molar-refractivity contribution is 6.28. The summed E-state index contributed by atoms with van der Waals surface area (Å²) in [6, 6.07) is 7.37. The van der Waals surface area contributed by atoms with Crippen molar-refractivity contribution in [2.75, 3.05) is 20.2 Å². The SMILES string of the molecule is CCN(C=C1C(=O)ON=C1c1ccc(OC)cc1)CC. The van der Waals surface area contributed by atoms with Crippen LogP contribution in [-0.2, 0) is 9.63 Å². The quantitative estimate of drug-likeness (QED) is 0.610. The molecule has 5 nitrogen and oxygen atoms in total. The Hall–Kier alpha value is -2.30. The molecule has 1 heterocycles. The fourth-order valence-electron chi connectivity index (χ4n) is 1.94. The Morgan fingerprint density at radius 1 is 1.25 bits per heavy atom. The molecular weight excluding hydrogens is 256 g/mol. The van der Waals surface area contributed by atoms with E-state index in [1.54, 1.807) is 13.3 Å². The molecule has 1 aromatic carbocycles. The molecule has 0 saturated heterocycles. The number of hydrogen-bond donors (Lipinski definition) is 0. The van der Waals surface area contributed by atoms with Crippen LogP contribution in [-0.4, -0.2) is 36.8 Å². The van der Waals surface area contributed by atoms with Crippen LogP contribution in [0.3, 0.4) is 0 Å². The maximum absolute atomic E-state index is 11.8. The van der Waals surface area contributed by atoms with Crippen LogP contribution in [0, 0.1) is 0 Å². The lowest BCUT2D eigenvalue weighted by molar-refractivity contribution is -0.136. The lowest BCUT2D eigenvalue weighted by Crippen LogP contribution is -2.19. The number of nitrogens with zero attached hydrogens (tertiary/aromatic N) is 2. The Balaban J connectivity index is 2.31. The second-order valence-corrected chi connectivity index (χ2v) is 4.31. The van der Waals surface area contributed by atoms with Gasteiger partial charge in [-0.2, -0.15) is 0 Å². The topological polar surface area (TPSA) is 51.1 Å². The zero-order valence-corrected chi connectivity index (χ0v) is 11.9. The van der Waals surface area contributed by atoms with Gasteiger partial charge in [0.05, 0.1) is 7.11 Å². The Kier molecular flexibility index (Phi) is 4.40. The van der Waals surface area contributed by atoms with Gasteiger partial charge in [-0.05, 0) is 38.1 Å². The summed E-state index contributed by atoms with van der Waals surface area (Å²) in [5, 5.41) is 3.88. The molecule has 0 aromatic heterocycles. The first kappa shape index (κ1) is 14.1. The summed E-state index contributed by atoms with van der Waals surface area (Å²) in [4.78, 5) is 18.6. The van der Waals surface area contributed by atoms with Crippen molar-refractivity contribution in [2.45, 2.75) is 13.8 Å². The molecule has 2 rings (SSSR count). The molecule has 1 aliphatic heterocycles. The average Bonchev–Trinajstić information content (AvgIpc) is 2.85. The predicted molar refractivity (Wildman–Crippen MR) is 76.6 cm³/mol. The number of carbonyl (C=O) groups is 1. The van der Waals surface area contributed by atoms with Crippen molar-refractivity contribution >= 4 is 11.7 Å². The van der Waals surface area contributed by atoms with Gasteiger partial charge in [-0.1, -0.05) is 5.16 Å². The summed E-state index contributed by atoms with van der Waals surface area (Å²) in [6.07, 6.45) is 1.80. The Bertz CT molecular complexity index is 543. The fourth-order valence-corrected chi connectivity index (χ4v) is 1.94. The molecule has 0 bridgehead atoms. The van der Waals surface area contributed by atoms with Crippen molar-refractivity contribution in [3.8, 4) is 5.75 Å². The second kappa shape index (κ2) is 6.23. The summed E-state index contributed by atoms with van der Waals surface area (Å²) < 4.78 is 5.12. The van der Waals surface area contributed by atoms with Crippen LogP contribution in [0.5, 0.6) is 5.75 Å². The molecule has 5 heteroatoms. The summed E-state index contributed by atoms with van der Waals surface area (Å²) in [5.74, 6) is 0.344. The van der Waals surface area contributed by atoms with Gasteiger partial charge in [0.2, 0.25) is 0 Å². The van der Waals surface area contributed by atoms with E-state index in [0.29, 0.717) is 11.3 Å². The van der Waals surface area contributed by atoms with Crippen molar-refractivity contribution in [3.63, 3.8) is 0 Å². The molecule has 106 valence electrons. The third kappa shape index (κ3) is 2.82. The van der Waals surface area contributed by atoms with Gasteiger partial charge in [-0.3, -0.25) is 0 Å². The third-order valence-corrected chi connectivity index (χ3v) is 3.18. The standard InChI is InChI=1S/C15H18N2O3/c1-4-17(5-2)10-13-14(16-20-15(13)18)11-6-8-12(19-3)9-7-11/h6-10H,4-5H2,1-3H3. The van der Waals surface area contributed by atoms with E-state index in [1.165, 1.54) is 0 Å². The molecule has 1 aromatic rings. The zero-order chi connectivity index (χ0) is 14.5. The number of benzene rings is 1. The Morgan fingerprint density at radius 2 is 1.90 bits per heavy atom. The van der Waals surface area contributed by atoms with Gasteiger partial charge in [0.25, 0.3) is 0 Å². The van der Waals surface area contributed by atoms with Crippen LogP contribution in [0.15, 0.2) is 41.2 Å². The molecule has 0 fully saturated rings. The minimum Gasteiger partial charge on any atom is -0.497 e.